The molecule has 14 heavy (non-hydrogen) atoms. The number of hydrogen-bond donors (Lipinski definition) is 2. The number of nitrogens with two attached hydrogens (primary N) is 1. The summed E-state index contributed by atoms with van der Waals surface area (Å²) in [4.78, 5) is 12.1. The van der Waals surface area contributed by atoms with Crippen molar-refractivity contribution < 1.29 is 4.79 Å². The summed E-state index contributed by atoms with van der Waals surface area (Å²) in [5, 5.41) is 2.58. The van der Waals surface area contributed by atoms with Gasteiger partial charge in [0.15, 0.2) is 0 Å². The average molecular weight is 322 g/mol. The molecule has 76 valence electrons. The van der Waals surface area contributed by atoms with E-state index < -0.39 is 0 Å². The van der Waals surface area contributed by atoms with Crippen LogP contribution in [0.3, 0.4) is 0 Å². The molecule has 1 rings (SSSR count). The number of carbonyl (C=O) groups excluding carboxylic acids is 1. The van der Waals surface area contributed by atoms with Crippen LogP contribution in [0.2, 0.25) is 0 Å². The Hall–Kier alpha value is -0.430. The first-order valence-corrected chi connectivity index (χ1v) is 6.08. The molecule has 0 aromatic heterocycles. The molecule has 0 unspecified atom stereocenters. The third kappa shape index (κ3) is 3.38. The van der Waals surface area contributed by atoms with Crippen molar-refractivity contribution in [2.24, 2.45) is 0 Å². The van der Waals surface area contributed by atoms with Gasteiger partial charge in [-0.25, -0.2) is 0 Å². The lowest BCUT2D eigenvalue weighted by Crippen LogP contribution is -2.19. The van der Waals surface area contributed by atoms with Crippen LogP contribution in [0.1, 0.15) is 0 Å². The normalized spacial score (nSPS) is 9.86. The quantitative estimate of drug-likeness (QED) is 0.506. The molecule has 0 spiro atoms. The van der Waals surface area contributed by atoms with Crippen molar-refractivity contribution in [1.82, 2.24) is 5.32 Å². The number of hydrogen-bond acceptors (Lipinski definition) is 3. The standard InChI is InChI=1S/C9H11IN2OS/c1-12-9(13)5-14-8-3-2-6(11)4-7(8)10/h2-4H,5,11H2,1H3,(H,12,13). The third-order valence-electron chi connectivity index (χ3n) is 1.59. The fraction of sp³-hybridized carbons (Fsp3) is 0.222. The second kappa shape index (κ2) is 5.45. The van der Waals surface area contributed by atoms with Crippen LogP contribution >= 0.6 is 34.4 Å². The molecular weight excluding hydrogens is 311 g/mol. The molecule has 0 heterocycles. The number of anilines is 1. The Bertz CT molecular complexity index is 344. The molecule has 0 saturated heterocycles. The topological polar surface area (TPSA) is 55.1 Å². The van der Waals surface area contributed by atoms with Crippen molar-refractivity contribution in [2.75, 3.05) is 18.5 Å². The van der Waals surface area contributed by atoms with Gasteiger partial charge in [-0.2, -0.15) is 0 Å². The smallest absolute Gasteiger partial charge is 0.230 e. The van der Waals surface area contributed by atoms with Gasteiger partial charge in [0.05, 0.1) is 5.75 Å². The van der Waals surface area contributed by atoms with Gasteiger partial charge in [0.1, 0.15) is 0 Å². The maximum absolute atomic E-state index is 11.0. The molecule has 1 amide bonds. The molecule has 0 atom stereocenters. The predicted octanol–water partition coefficient (Wildman–Crippen LogP) is 1.71. The zero-order valence-electron chi connectivity index (χ0n) is 7.71. The fourth-order valence-electron chi connectivity index (χ4n) is 0.850. The van der Waals surface area contributed by atoms with Gasteiger partial charge >= 0.3 is 0 Å². The first-order valence-electron chi connectivity index (χ1n) is 4.02. The summed E-state index contributed by atoms with van der Waals surface area (Å²) in [6.45, 7) is 0. The van der Waals surface area contributed by atoms with E-state index in [2.05, 4.69) is 27.9 Å². The Kier molecular flexibility index (Phi) is 4.53. The van der Waals surface area contributed by atoms with Crippen LogP contribution in [0.15, 0.2) is 23.1 Å². The van der Waals surface area contributed by atoms with Gasteiger partial charge in [-0.3, -0.25) is 4.79 Å². The predicted molar refractivity (Wildman–Crippen MR) is 68.4 cm³/mol. The van der Waals surface area contributed by atoms with Crippen molar-refractivity contribution in [2.45, 2.75) is 4.90 Å². The second-order valence-electron chi connectivity index (χ2n) is 2.65. The molecule has 0 saturated carbocycles. The molecule has 0 radical (unpaired) electrons. The molecule has 1 aromatic rings. The van der Waals surface area contributed by atoms with Crippen LogP contribution in [0, 0.1) is 3.57 Å². The lowest BCUT2D eigenvalue weighted by atomic mass is 10.3. The number of halogens is 1. The number of benzene rings is 1. The molecule has 3 N–H and O–H groups in total. The van der Waals surface area contributed by atoms with Crippen LogP contribution in [-0.4, -0.2) is 18.7 Å². The van der Waals surface area contributed by atoms with Crippen molar-refractivity contribution in [3.05, 3.63) is 21.8 Å². The first-order chi connectivity index (χ1) is 6.63. The van der Waals surface area contributed by atoms with E-state index in [4.69, 9.17) is 5.73 Å². The van der Waals surface area contributed by atoms with Crippen LogP contribution in [0.4, 0.5) is 5.69 Å². The van der Waals surface area contributed by atoms with Gasteiger partial charge < -0.3 is 11.1 Å². The number of nitrogen functional groups attached to an aromatic ring is 1. The van der Waals surface area contributed by atoms with E-state index in [9.17, 15) is 4.79 Å². The third-order valence-corrected chi connectivity index (χ3v) is 3.93. The van der Waals surface area contributed by atoms with E-state index in [1.165, 1.54) is 11.8 Å². The van der Waals surface area contributed by atoms with Gasteiger partial charge in [-0.15, -0.1) is 11.8 Å². The van der Waals surface area contributed by atoms with Gasteiger partial charge in [-0.05, 0) is 40.8 Å². The van der Waals surface area contributed by atoms with Crippen LogP contribution in [-0.2, 0) is 4.79 Å². The molecule has 0 fully saturated rings. The van der Waals surface area contributed by atoms with Crippen LogP contribution in [0.5, 0.6) is 0 Å². The summed E-state index contributed by atoms with van der Waals surface area (Å²) in [7, 11) is 1.64. The molecular formula is C9H11IN2OS. The first kappa shape index (κ1) is 11.6. The highest BCUT2D eigenvalue weighted by atomic mass is 127. The monoisotopic (exact) mass is 322 g/mol. The molecule has 5 heteroatoms. The highest BCUT2D eigenvalue weighted by molar-refractivity contribution is 14.1. The van der Waals surface area contributed by atoms with Crippen molar-refractivity contribution in [3.63, 3.8) is 0 Å². The molecule has 0 aliphatic heterocycles. The summed E-state index contributed by atoms with van der Waals surface area (Å²) in [6, 6.07) is 5.67. The maximum Gasteiger partial charge on any atom is 0.230 e. The molecule has 1 aromatic carbocycles. The minimum absolute atomic E-state index is 0.0302. The minimum atomic E-state index is 0.0302. The van der Waals surface area contributed by atoms with Gasteiger partial charge in [0.2, 0.25) is 5.91 Å². The van der Waals surface area contributed by atoms with Crippen molar-refractivity contribution >= 4 is 45.9 Å². The number of thioether (sulfide) groups is 1. The van der Waals surface area contributed by atoms with Crippen LogP contribution < -0.4 is 11.1 Å². The Labute approximate surface area is 101 Å². The average Bonchev–Trinajstić information content (AvgIpc) is 2.16. The van der Waals surface area contributed by atoms with Gasteiger partial charge in [0.25, 0.3) is 0 Å². The summed E-state index contributed by atoms with van der Waals surface area (Å²) < 4.78 is 1.08. The second-order valence-corrected chi connectivity index (χ2v) is 4.83. The summed E-state index contributed by atoms with van der Waals surface area (Å²) in [6.07, 6.45) is 0. The summed E-state index contributed by atoms with van der Waals surface area (Å²) in [5.41, 5.74) is 6.37. The van der Waals surface area contributed by atoms with Crippen molar-refractivity contribution in [1.29, 1.82) is 0 Å². The molecule has 0 bridgehead atoms. The molecule has 3 nitrogen and oxygen atoms in total. The van der Waals surface area contributed by atoms with Crippen LogP contribution in [0.25, 0.3) is 0 Å². The molecule has 0 aliphatic carbocycles. The number of nitrogens with one attached hydrogen (secondary N) is 1. The SMILES string of the molecule is CNC(=O)CSc1ccc(N)cc1I. The summed E-state index contributed by atoms with van der Waals surface area (Å²) in [5.74, 6) is 0.471. The van der Waals surface area contributed by atoms with E-state index in [1.807, 2.05) is 18.2 Å². The maximum atomic E-state index is 11.0. The number of amides is 1. The van der Waals surface area contributed by atoms with E-state index in [-0.39, 0.29) is 5.91 Å². The minimum Gasteiger partial charge on any atom is -0.399 e. The highest BCUT2D eigenvalue weighted by Crippen LogP contribution is 2.25. The van der Waals surface area contributed by atoms with E-state index in [1.54, 1.807) is 7.05 Å². The Balaban J connectivity index is 2.63. The van der Waals surface area contributed by atoms with E-state index >= 15 is 0 Å². The fourth-order valence-corrected chi connectivity index (χ4v) is 2.65. The zero-order valence-corrected chi connectivity index (χ0v) is 10.7. The van der Waals surface area contributed by atoms with Gasteiger partial charge in [-0.1, -0.05) is 0 Å². The molecule has 0 aliphatic rings. The Morgan fingerprint density at radius 3 is 2.93 bits per heavy atom. The van der Waals surface area contributed by atoms with E-state index in [0.29, 0.717) is 5.75 Å². The highest BCUT2D eigenvalue weighted by Gasteiger charge is 2.03. The van der Waals surface area contributed by atoms with E-state index in [0.717, 1.165) is 14.2 Å². The lowest BCUT2D eigenvalue weighted by molar-refractivity contribution is -0.118. The zero-order chi connectivity index (χ0) is 10.6. The Morgan fingerprint density at radius 2 is 2.36 bits per heavy atom. The summed E-state index contributed by atoms with van der Waals surface area (Å²) >= 11 is 3.73. The lowest BCUT2D eigenvalue weighted by Gasteiger charge is -2.04. The number of carbonyl (C=O) groups is 1. The number of rotatable bonds is 3. The van der Waals surface area contributed by atoms with Crippen molar-refractivity contribution in [3.8, 4) is 0 Å². The van der Waals surface area contributed by atoms with Gasteiger partial charge in [0, 0.05) is 21.2 Å². The largest absolute Gasteiger partial charge is 0.399 e. The Morgan fingerprint density at radius 1 is 1.64 bits per heavy atom.